The third-order valence-electron chi connectivity index (χ3n) is 2.46. The Morgan fingerprint density at radius 1 is 1.38 bits per heavy atom. The van der Waals surface area contributed by atoms with Crippen molar-refractivity contribution in [2.24, 2.45) is 0 Å². The normalized spacial score (nSPS) is 13.2. The number of fused-ring (bicyclic) bond motifs is 1. The third kappa shape index (κ3) is 1.58. The zero-order valence-electron chi connectivity index (χ0n) is 8.60. The standard InChI is InChI=1S/C11H10F2N2O/c1-7(6-16)10-8-4-2-3-5-9(8)15(14-10)11(12)13/h2-7,11H,1H3. The molecule has 84 valence electrons. The lowest BCUT2D eigenvalue weighted by molar-refractivity contribution is -0.108. The van der Waals surface area contributed by atoms with Crippen molar-refractivity contribution in [3.63, 3.8) is 0 Å². The average molecular weight is 224 g/mol. The second kappa shape index (κ2) is 4.00. The monoisotopic (exact) mass is 224 g/mol. The van der Waals surface area contributed by atoms with E-state index in [2.05, 4.69) is 5.10 Å². The summed E-state index contributed by atoms with van der Waals surface area (Å²) in [6, 6.07) is 6.66. The van der Waals surface area contributed by atoms with Crippen molar-refractivity contribution in [1.82, 2.24) is 9.78 Å². The van der Waals surface area contributed by atoms with Crippen LogP contribution in [0.5, 0.6) is 0 Å². The average Bonchev–Trinajstić information content (AvgIpc) is 2.67. The fraction of sp³-hybridized carbons (Fsp3) is 0.273. The minimum absolute atomic E-state index is 0.348. The van der Waals surface area contributed by atoms with Crippen LogP contribution in [0.4, 0.5) is 8.78 Å². The molecule has 0 amide bonds. The Balaban J connectivity index is 2.71. The van der Waals surface area contributed by atoms with Gasteiger partial charge in [-0.1, -0.05) is 25.1 Å². The van der Waals surface area contributed by atoms with Crippen molar-refractivity contribution in [3.05, 3.63) is 30.0 Å². The van der Waals surface area contributed by atoms with E-state index in [0.717, 1.165) is 0 Å². The van der Waals surface area contributed by atoms with Crippen LogP contribution in [0.2, 0.25) is 0 Å². The Kier molecular flexibility index (Phi) is 2.68. The van der Waals surface area contributed by atoms with E-state index in [1.807, 2.05) is 0 Å². The molecule has 1 heterocycles. The molecule has 2 rings (SSSR count). The summed E-state index contributed by atoms with van der Waals surface area (Å²) < 4.78 is 26.0. The highest BCUT2D eigenvalue weighted by Gasteiger charge is 2.19. The molecule has 0 bridgehead atoms. The molecule has 1 atom stereocenters. The summed E-state index contributed by atoms with van der Waals surface area (Å²) in [6.07, 6.45) is 0.699. The Morgan fingerprint density at radius 3 is 2.69 bits per heavy atom. The van der Waals surface area contributed by atoms with Crippen LogP contribution in [0, 0.1) is 0 Å². The van der Waals surface area contributed by atoms with Crippen LogP contribution in [0.3, 0.4) is 0 Å². The lowest BCUT2D eigenvalue weighted by atomic mass is 10.1. The minimum atomic E-state index is -2.70. The summed E-state index contributed by atoms with van der Waals surface area (Å²) in [5.74, 6) is -0.482. The summed E-state index contributed by atoms with van der Waals surface area (Å²) in [7, 11) is 0. The topological polar surface area (TPSA) is 34.9 Å². The Bertz CT molecular complexity index is 522. The minimum Gasteiger partial charge on any atom is -0.303 e. The first-order chi connectivity index (χ1) is 7.65. The van der Waals surface area contributed by atoms with Gasteiger partial charge in [0.1, 0.15) is 6.29 Å². The summed E-state index contributed by atoms with van der Waals surface area (Å²) in [5, 5.41) is 4.39. The molecule has 2 aromatic rings. The molecule has 5 heteroatoms. The van der Waals surface area contributed by atoms with Gasteiger partial charge < -0.3 is 4.79 Å². The number of hydrogen-bond donors (Lipinski definition) is 0. The van der Waals surface area contributed by atoms with Gasteiger partial charge in [0.05, 0.1) is 17.1 Å². The number of alkyl halides is 2. The van der Waals surface area contributed by atoms with Crippen molar-refractivity contribution in [2.45, 2.75) is 19.4 Å². The quantitative estimate of drug-likeness (QED) is 0.751. The van der Waals surface area contributed by atoms with Crippen LogP contribution in [0.1, 0.15) is 25.1 Å². The number of benzene rings is 1. The van der Waals surface area contributed by atoms with Crippen molar-refractivity contribution in [1.29, 1.82) is 0 Å². The number of nitrogens with zero attached hydrogens (tertiary/aromatic N) is 2. The summed E-state index contributed by atoms with van der Waals surface area (Å²) in [4.78, 5) is 10.7. The molecule has 0 fully saturated rings. The maximum atomic E-state index is 12.7. The SMILES string of the molecule is CC(C=O)c1nn(C(F)F)c2ccccc12. The first-order valence-corrected chi connectivity index (χ1v) is 4.85. The van der Waals surface area contributed by atoms with Gasteiger partial charge in [-0.15, -0.1) is 0 Å². The number of aldehydes is 1. The Morgan fingerprint density at radius 2 is 2.06 bits per heavy atom. The molecule has 1 aromatic carbocycles. The first kappa shape index (κ1) is 10.7. The number of carbonyl (C=O) groups is 1. The molecule has 0 saturated carbocycles. The van der Waals surface area contributed by atoms with Gasteiger partial charge in [0.2, 0.25) is 0 Å². The van der Waals surface area contributed by atoms with E-state index in [9.17, 15) is 13.6 Å². The fourth-order valence-corrected chi connectivity index (χ4v) is 1.66. The molecule has 0 N–H and O–H groups in total. The van der Waals surface area contributed by atoms with Gasteiger partial charge in [-0.2, -0.15) is 13.9 Å². The molecule has 1 unspecified atom stereocenters. The van der Waals surface area contributed by atoms with Gasteiger partial charge in [-0.05, 0) is 6.07 Å². The van der Waals surface area contributed by atoms with Crippen molar-refractivity contribution >= 4 is 17.2 Å². The van der Waals surface area contributed by atoms with Crippen molar-refractivity contribution in [3.8, 4) is 0 Å². The molecule has 0 radical (unpaired) electrons. The molecule has 3 nitrogen and oxygen atoms in total. The molecule has 0 aliphatic carbocycles. The molecular formula is C11H10F2N2O. The van der Waals surface area contributed by atoms with Gasteiger partial charge in [-0.3, -0.25) is 0 Å². The fourth-order valence-electron chi connectivity index (χ4n) is 1.66. The van der Waals surface area contributed by atoms with Gasteiger partial charge in [0.15, 0.2) is 0 Å². The van der Waals surface area contributed by atoms with Crippen LogP contribution in [0.15, 0.2) is 24.3 Å². The van der Waals surface area contributed by atoms with Gasteiger partial charge >= 0.3 is 6.55 Å². The maximum absolute atomic E-state index is 12.7. The predicted molar refractivity (Wildman–Crippen MR) is 55.5 cm³/mol. The number of para-hydroxylation sites is 1. The van der Waals surface area contributed by atoms with E-state index in [1.54, 1.807) is 31.2 Å². The third-order valence-corrected chi connectivity index (χ3v) is 2.46. The number of hydrogen-bond acceptors (Lipinski definition) is 2. The van der Waals surface area contributed by atoms with E-state index in [-0.39, 0.29) is 0 Å². The van der Waals surface area contributed by atoms with Crippen LogP contribution in [-0.4, -0.2) is 16.1 Å². The van der Waals surface area contributed by atoms with Gasteiger partial charge in [0, 0.05) is 5.39 Å². The van der Waals surface area contributed by atoms with Crippen LogP contribution < -0.4 is 0 Å². The molecule has 0 aliphatic rings. The second-order valence-electron chi connectivity index (χ2n) is 3.55. The molecule has 1 aromatic heterocycles. The van der Waals surface area contributed by atoms with Crippen molar-refractivity contribution in [2.75, 3.05) is 0 Å². The second-order valence-corrected chi connectivity index (χ2v) is 3.55. The number of aromatic nitrogens is 2. The highest BCUT2D eigenvalue weighted by Crippen LogP contribution is 2.26. The molecule has 0 spiro atoms. The maximum Gasteiger partial charge on any atom is 0.333 e. The Hall–Kier alpha value is -1.78. The van der Waals surface area contributed by atoms with Crippen molar-refractivity contribution < 1.29 is 13.6 Å². The molecule has 0 aliphatic heterocycles. The molecule has 16 heavy (non-hydrogen) atoms. The smallest absolute Gasteiger partial charge is 0.303 e. The number of rotatable bonds is 3. The zero-order valence-corrected chi connectivity index (χ0v) is 8.60. The molecular weight excluding hydrogens is 214 g/mol. The van der Waals surface area contributed by atoms with Crippen LogP contribution in [-0.2, 0) is 4.79 Å². The molecule has 0 saturated heterocycles. The summed E-state index contributed by atoms with van der Waals surface area (Å²) in [6.45, 7) is -1.06. The largest absolute Gasteiger partial charge is 0.333 e. The summed E-state index contributed by atoms with van der Waals surface area (Å²) >= 11 is 0. The van der Waals surface area contributed by atoms with E-state index >= 15 is 0 Å². The highest BCUT2D eigenvalue weighted by molar-refractivity contribution is 5.85. The van der Waals surface area contributed by atoms with E-state index in [4.69, 9.17) is 0 Å². The van der Waals surface area contributed by atoms with Crippen LogP contribution >= 0.6 is 0 Å². The van der Waals surface area contributed by atoms with Gasteiger partial charge in [-0.25, -0.2) is 4.68 Å². The summed E-state index contributed by atoms with van der Waals surface area (Å²) in [5.41, 5.74) is 0.743. The van der Waals surface area contributed by atoms with E-state index in [1.165, 1.54) is 0 Å². The Labute approximate surface area is 90.7 Å². The first-order valence-electron chi connectivity index (χ1n) is 4.85. The van der Waals surface area contributed by atoms with E-state index in [0.29, 0.717) is 27.6 Å². The predicted octanol–water partition coefficient (Wildman–Crippen LogP) is 2.73. The zero-order chi connectivity index (χ0) is 11.7. The lowest BCUT2D eigenvalue weighted by Gasteiger charge is -1.99. The van der Waals surface area contributed by atoms with Crippen LogP contribution in [0.25, 0.3) is 10.9 Å². The number of halogens is 2. The lowest BCUT2D eigenvalue weighted by Crippen LogP contribution is -2.02. The highest BCUT2D eigenvalue weighted by atomic mass is 19.3. The van der Waals surface area contributed by atoms with E-state index < -0.39 is 12.5 Å². The number of carbonyl (C=O) groups excluding carboxylic acids is 1. The van der Waals surface area contributed by atoms with Gasteiger partial charge in [0.25, 0.3) is 0 Å².